The summed E-state index contributed by atoms with van der Waals surface area (Å²) >= 11 is 1.60. The molecule has 0 unspecified atom stereocenters. The summed E-state index contributed by atoms with van der Waals surface area (Å²) in [6.07, 6.45) is 1.83. The highest BCUT2D eigenvalue weighted by molar-refractivity contribution is 7.80. The van der Waals surface area contributed by atoms with E-state index in [1.807, 2.05) is 42.1 Å². The fourth-order valence-corrected chi connectivity index (χ4v) is 4.08. The number of nitrogens with zero attached hydrogens (tertiary/aromatic N) is 5. The molecule has 11 nitrogen and oxygen atoms in total. The highest BCUT2D eigenvalue weighted by Gasteiger charge is 2.17. The molecule has 2 aromatic heterocycles. The lowest BCUT2D eigenvalue weighted by Gasteiger charge is -2.21. The van der Waals surface area contributed by atoms with Crippen LogP contribution in [0.15, 0.2) is 52.8 Å². The number of anilines is 1. The van der Waals surface area contributed by atoms with Crippen molar-refractivity contribution in [2.45, 2.75) is 6.92 Å². The highest BCUT2D eigenvalue weighted by Crippen LogP contribution is 2.30. The van der Waals surface area contributed by atoms with Crippen LogP contribution in [0.3, 0.4) is 0 Å². The van der Waals surface area contributed by atoms with Gasteiger partial charge >= 0.3 is 5.13 Å². The van der Waals surface area contributed by atoms with Gasteiger partial charge in [0.25, 0.3) is 0 Å². The van der Waals surface area contributed by atoms with Crippen molar-refractivity contribution >= 4 is 59.4 Å². The number of aromatic amines is 1. The number of aliphatic hydroxyl groups excluding tert-OH is 1. The number of azo groups is 1. The summed E-state index contributed by atoms with van der Waals surface area (Å²) in [5.41, 5.74) is 3.98. The Morgan fingerprint density at radius 1 is 1.27 bits per heavy atom. The molecule has 176 valence electrons. The number of rotatable bonds is 7. The second kappa shape index (κ2) is 10.8. The molecule has 2 aromatic carbocycles. The number of aliphatic hydroxyl groups is 1. The number of benzene rings is 2. The molecule has 13 heteroatoms. The van der Waals surface area contributed by atoms with Crippen LogP contribution in [0.25, 0.3) is 21.1 Å². The molecule has 0 aliphatic carbocycles. The largest absolute Gasteiger partial charge is 0.726 e. The van der Waals surface area contributed by atoms with Crippen molar-refractivity contribution in [3.63, 3.8) is 0 Å². The van der Waals surface area contributed by atoms with Crippen molar-refractivity contribution in [1.29, 1.82) is 0 Å². The van der Waals surface area contributed by atoms with Gasteiger partial charge in [0, 0.05) is 30.2 Å². The number of nitrogens with one attached hydrogen (secondary N) is 1. The maximum absolute atomic E-state index is 9.22. The predicted octanol–water partition coefficient (Wildman–Crippen LogP) is 2.93. The molecule has 0 fully saturated rings. The fourth-order valence-electron chi connectivity index (χ4n) is 3.08. The standard InChI is InChI=1S/C19H21N6OS.CH4O4S/c1-3-25(8-9-26)15-6-4-14(5-7-15)21-23-19-24(2)17-11-16-13(12-20-22-16)10-18(17)27-19;1-5-6(2,3)4/h4-7,10-12,26H,3,8-9H2,1-2H3,(H,20,22);1H3,(H,2,3,4)/q+1;/p-1. The van der Waals surface area contributed by atoms with E-state index < -0.39 is 10.4 Å². The number of H-pyrrole nitrogens is 1. The lowest BCUT2D eigenvalue weighted by molar-refractivity contribution is -0.627. The third-order valence-corrected chi connectivity index (χ3v) is 6.28. The summed E-state index contributed by atoms with van der Waals surface area (Å²) in [6.45, 7) is 3.69. The second-order valence-corrected chi connectivity index (χ2v) is 8.97. The Hall–Kier alpha value is -2.97. The van der Waals surface area contributed by atoms with E-state index in [4.69, 9.17) is 5.11 Å². The predicted molar refractivity (Wildman–Crippen MR) is 125 cm³/mol. The number of thiazole rings is 1. The average molecular weight is 493 g/mol. The molecule has 4 aromatic rings. The van der Waals surface area contributed by atoms with Gasteiger partial charge in [-0.15, -0.1) is 0 Å². The number of likely N-dealkylation sites (N-methyl/N-ethyl adjacent to an activating group) is 1. The van der Waals surface area contributed by atoms with Gasteiger partial charge in [-0.2, -0.15) is 5.10 Å². The number of hydrogen-bond donors (Lipinski definition) is 2. The molecule has 2 heterocycles. The maximum Gasteiger partial charge on any atom is 0.409 e. The van der Waals surface area contributed by atoms with Gasteiger partial charge < -0.3 is 14.6 Å². The topological polar surface area (TPSA) is 147 Å². The normalized spacial score (nSPS) is 11.8. The Labute approximate surface area is 194 Å². The maximum atomic E-state index is 9.22. The van der Waals surface area contributed by atoms with Gasteiger partial charge in [-0.1, -0.05) is 0 Å². The third kappa shape index (κ3) is 6.30. The van der Waals surface area contributed by atoms with Crippen molar-refractivity contribution in [2.75, 3.05) is 31.7 Å². The summed E-state index contributed by atoms with van der Waals surface area (Å²) in [4.78, 5) is 2.11. The summed E-state index contributed by atoms with van der Waals surface area (Å²) in [5.74, 6) is 0. The molecule has 0 saturated carbocycles. The second-order valence-electron chi connectivity index (χ2n) is 6.82. The summed E-state index contributed by atoms with van der Waals surface area (Å²) in [5, 5.41) is 27.0. The molecule has 0 saturated heterocycles. The van der Waals surface area contributed by atoms with E-state index >= 15 is 0 Å². The van der Waals surface area contributed by atoms with Crippen LogP contribution in [0.4, 0.5) is 16.5 Å². The Kier molecular flexibility index (Phi) is 8.05. The zero-order valence-electron chi connectivity index (χ0n) is 18.3. The van der Waals surface area contributed by atoms with Gasteiger partial charge in [-0.25, -0.2) is 13.0 Å². The molecule has 0 radical (unpaired) electrons. The van der Waals surface area contributed by atoms with E-state index in [9.17, 15) is 13.0 Å². The monoisotopic (exact) mass is 492 g/mol. The first kappa shape index (κ1) is 24.7. The number of aromatic nitrogens is 3. The first-order valence-electron chi connectivity index (χ1n) is 9.90. The number of aryl methyl sites for hydroxylation is 1. The molecule has 0 aliphatic rings. The minimum Gasteiger partial charge on any atom is -0.726 e. The summed E-state index contributed by atoms with van der Waals surface area (Å²) in [7, 11) is -1.61. The lowest BCUT2D eigenvalue weighted by atomic mass is 10.2. The van der Waals surface area contributed by atoms with Crippen molar-refractivity contribution in [2.24, 2.45) is 17.3 Å². The van der Waals surface area contributed by atoms with E-state index in [0.29, 0.717) is 6.54 Å². The van der Waals surface area contributed by atoms with Crippen molar-refractivity contribution < 1.29 is 26.8 Å². The first-order chi connectivity index (χ1) is 15.8. The van der Waals surface area contributed by atoms with Crippen molar-refractivity contribution in [1.82, 2.24) is 10.2 Å². The van der Waals surface area contributed by atoms with Gasteiger partial charge in [0.1, 0.15) is 11.2 Å². The van der Waals surface area contributed by atoms with Crippen LogP contribution in [0.1, 0.15) is 6.92 Å². The van der Waals surface area contributed by atoms with Crippen LogP contribution < -0.4 is 9.47 Å². The number of fused-ring (bicyclic) bond motifs is 2. The molecule has 2 N–H and O–H groups in total. The molecule has 0 spiro atoms. The molecule has 0 bridgehead atoms. The van der Waals surface area contributed by atoms with Crippen molar-refractivity contribution in [3.05, 3.63) is 42.6 Å². The highest BCUT2D eigenvalue weighted by atomic mass is 32.3. The Balaban J connectivity index is 0.000000454. The number of hydrogen-bond acceptors (Lipinski definition) is 10. The van der Waals surface area contributed by atoms with Crippen molar-refractivity contribution in [3.8, 4) is 0 Å². The Bertz CT molecular complexity index is 1350. The van der Waals surface area contributed by atoms with Crippen LogP contribution in [0.2, 0.25) is 0 Å². The SMILES string of the molecule is CCN(CCO)c1ccc(/N=N/c2sc3cc4cn[nH]c4cc3[n+]2C)cc1.COS(=O)(=O)[O-]. The molecule has 0 aliphatic heterocycles. The van der Waals surface area contributed by atoms with Crippen LogP contribution in [0, 0.1) is 0 Å². The Morgan fingerprint density at radius 2 is 1.97 bits per heavy atom. The third-order valence-electron chi connectivity index (χ3n) is 4.79. The fraction of sp³-hybridized carbons (Fsp3) is 0.300. The lowest BCUT2D eigenvalue weighted by Crippen LogP contribution is -2.25. The van der Waals surface area contributed by atoms with E-state index in [1.54, 1.807) is 11.3 Å². The zero-order chi connectivity index (χ0) is 24.0. The zero-order valence-corrected chi connectivity index (χ0v) is 19.9. The van der Waals surface area contributed by atoms with Crippen LogP contribution in [-0.4, -0.2) is 55.1 Å². The van der Waals surface area contributed by atoms with Gasteiger partial charge in [0.05, 0.1) is 42.3 Å². The van der Waals surface area contributed by atoms with E-state index in [-0.39, 0.29) is 6.61 Å². The average Bonchev–Trinajstić information content (AvgIpc) is 3.38. The molecule has 0 amide bonds. The van der Waals surface area contributed by atoms with Gasteiger partial charge in [0.15, 0.2) is 0 Å². The van der Waals surface area contributed by atoms with E-state index in [2.05, 4.69) is 48.6 Å². The van der Waals surface area contributed by atoms with E-state index in [1.165, 1.54) is 0 Å². The van der Waals surface area contributed by atoms with Gasteiger partial charge in [-0.05, 0) is 53.7 Å². The molecular weight excluding hydrogens is 468 g/mol. The van der Waals surface area contributed by atoms with Gasteiger partial charge in [0.2, 0.25) is 10.4 Å². The molecule has 33 heavy (non-hydrogen) atoms. The van der Waals surface area contributed by atoms with Crippen LogP contribution in [0.5, 0.6) is 0 Å². The minimum absolute atomic E-state index is 0.141. The molecular formula is C20H24N6O5S2. The molecule has 4 rings (SSSR count). The van der Waals surface area contributed by atoms with Crippen LogP contribution >= 0.6 is 11.3 Å². The smallest absolute Gasteiger partial charge is 0.409 e. The van der Waals surface area contributed by atoms with Crippen LogP contribution in [-0.2, 0) is 21.6 Å². The van der Waals surface area contributed by atoms with E-state index in [0.717, 1.165) is 51.3 Å². The minimum atomic E-state index is -4.41. The first-order valence-corrected chi connectivity index (χ1v) is 12.1. The summed E-state index contributed by atoms with van der Waals surface area (Å²) in [6, 6.07) is 12.1. The molecule has 0 atom stereocenters. The Morgan fingerprint density at radius 3 is 2.58 bits per heavy atom. The quantitative estimate of drug-likeness (QED) is 0.174. The van der Waals surface area contributed by atoms with Gasteiger partial charge in [-0.3, -0.25) is 9.28 Å². The summed E-state index contributed by atoms with van der Waals surface area (Å²) < 4.78 is 34.2.